The Morgan fingerprint density at radius 3 is 2.27 bits per heavy atom. The smallest absolute Gasteiger partial charge is 0.302 e. The zero-order valence-corrected chi connectivity index (χ0v) is 15.1. The van der Waals surface area contributed by atoms with Gasteiger partial charge in [0, 0.05) is 52.7 Å². The number of aromatic nitrogens is 4. The molecule has 144 valence electrons. The van der Waals surface area contributed by atoms with Crippen LogP contribution in [0.25, 0.3) is 0 Å². The number of hydrogen-bond acceptors (Lipinski definition) is 5. The van der Waals surface area contributed by atoms with Crippen molar-refractivity contribution >= 4 is 10.0 Å². The highest BCUT2D eigenvalue weighted by Crippen LogP contribution is 2.31. The Morgan fingerprint density at radius 1 is 1.15 bits per heavy atom. The standard InChI is InChI=1S/C13H16F3N5O4S/c1-18-7-9(11(22)21(4)12(18)23)26(24,25)20(3)6-8-5-19(2)17-10(8)13(14,15)16/h5,7H,6H2,1-4H3. The lowest BCUT2D eigenvalue weighted by Gasteiger charge is -2.18. The molecular formula is C13H16F3N5O4S. The number of alkyl halides is 3. The van der Waals surface area contributed by atoms with Crippen molar-refractivity contribution in [3.05, 3.63) is 44.5 Å². The maximum atomic E-state index is 13.0. The Labute approximate surface area is 145 Å². The maximum absolute atomic E-state index is 13.0. The molecule has 0 aromatic carbocycles. The second-order valence-electron chi connectivity index (χ2n) is 5.69. The van der Waals surface area contributed by atoms with Crippen LogP contribution in [0.5, 0.6) is 0 Å². The van der Waals surface area contributed by atoms with Gasteiger partial charge in [-0.15, -0.1) is 0 Å². The van der Waals surface area contributed by atoms with E-state index in [2.05, 4.69) is 5.10 Å². The van der Waals surface area contributed by atoms with E-state index in [0.717, 1.165) is 35.7 Å². The first-order valence-electron chi connectivity index (χ1n) is 7.09. The van der Waals surface area contributed by atoms with Crippen LogP contribution in [0.3, 0.4) is 0 Å². The molecule has 0 aliphatic carbocycles. The average Bonchev–Trinajstić information content (AvgIpc) is 2.89. The maximum Gasteiger partial charge on any atom is 0.435 e. The number of hydrogen-bond donors (Lipinski definition) is 0. The van der Waals surface area contributed by atoms with E-state index in [1.165, 1.54) is 14.1 Å². The van der Waals surface area contributed by atoms with Crippen LogP contribution in [0.2, 0.25) is 0 Å². The molecule has 2 aromatic heterocycles. The topological polar surface area (TPSA) is 99.2 Å². The van der Waals surface area contributed by atoms with Crippen molar-refractivity contribution in [2.75, 3.05) is 7.05 Å². The van der Waals surface area contributed by atoms with Crippen molar-refractivity contribution in [2.24, 2.45) is 21.1 Å². The summed E-state index contributed by atoms with van der Waals surface area (Å²) in [7, 11) is 0.219. The fraction of sp³-hybridized carbons (Fsp3) is 0.462. The average molecular weight is 395 g/mol. The molecular weight excluding hydrogens is 379 g/mol. The van der Waals surface area contributed by atoms with Gasteiger partial charge in [-0.25, -0.2) is 13.2 Å². The molecule has 2 aromatic rings. The van der Waals surface area contributed by atoms with E-state index >= 15 is 0 Å². The molecule has 0 saturated heterocycles. The molecule has 0 unspecified atom stereocenters. The van der Waals surface area contributed by atoms with Crippen molar-refractivity contribution in [1.82, 2.24) is 23.2 Å². The second-order valence-corrected chi connectivity index (χ2v) is 7.70. The molecule has 0 atom stereocenters. The van der Waals surface area contributed by atoms with Gasteiger partial charge in [0.25, 0.3) is 5.56 Å². The zero-order valence-electron chi connectivity index (χ0n) is 14.3. The van der Waals surface area contributed by atoms with E-state index in [-0.39, 0.29) is 5.56 Å². The molecule has 0 saturated carbocycles. The third-order valence-corrected chi connectivity index (χ3v) is 5.45. The van der Waals surface area contributed by atoms with Crippen LogP contribution in [0.4, 0.5) is 13.2 Å². The lowest BCUT2D eigenvalue weighted by Crippen LogP contribution is -2.41. The van der Waals surface area contributed by atoms with Crippen LogP contribution in [-0.4, -0.2) is 38.7 Å². The van der Waals surface area contributed by atoms with Crippen molar-refractivity contribution in [3.63, 3.8) is 0 Å². The molecule has 13 heteroatoms. The fourth-order valence-corrected chi connectivity index (χ4v) is 3.63. The normalized spacial score (nSPS) is 12.8. The lowest BCUT2D eigenvalue weighted by molar-refractivity contribution is -0.142. The summed E-state index contributed by atoms with van der Waals surface area (Å²) in [6.07, 6.45) is -2.87. The predicted octanol–water partition coefficient (Wildman–Crippen LogP) is -0.343. The molecule has 9 nitrogen and oxygen atoms in total. The van der Waals surface area contributed by atoms with E-state index in [1.54, 1.807) is 0 Å². The van der Waals surface area contributed by atoms with Gasteiger partial charge in [0.1, 0.15) is 0 Å². The van der Waals surface area contributed by atoms with E-state index in [0.29, 0.717) is 8.87 Å². The first-order chi connectivity index (χ1) is 11.8. The molecule has 0 bridgehead atoms. The van der Waals surface area contributed by atoms with Crippen LogP contribution in [0, 0.1) is 0 Å². The highest BCUT2D eigenvalue weighted by atomic mass is 32.2. The summed E-state index contributed by atoms with van der Waals surface area (Å²) in [5.41, 5.74) is -3.38. The Hall–Kier alpha value is -2.41. The minimum absolute atomic E-state index is 0.368. The number of nitrogens with zero attached hydrogens (tertiary/aromatic N) is 5. The van der Waals surface area contributed by atoms with Gasteiger partial charge in [0.2, 0.25) is 10.0 Å². The van der Waals surface area contributed by atoms with Gasteiger partial charge < -0.3 is 4.57 Å². The second kappa shape index (κ2) is 6.39. The van der Waals surface area contributed by atoms with Crippen LogP contribution >= 0.6 is 0 Å². The molecule has 0 aliphatic rings. The van der Waals surface area contributed by atoms with E-state index in [1.807, 2.05) is 0 Å². The third kappa shape index (κ3) is 3.44. The molecule has 0 aliphatic heterocycles. The molecule has 0 spiro atoms. The fourth-order valence-electron chi connectivity index (χ4n) is 2.34. The SMILES string of the molecule is CN(Cc1cn(C)nc1C(F)(F)F)S(=O)(=O)c1cn(C)c(=O)n(C)c1=O. The Kier molecular flexibility index (Phi) is 4.89. The van der Waals surface area contributed by atoms with Gasteiger partial charge >= 0.3 is 11.9 Å². The van der Waals surface area contributed by atoms with Gasteiger partial charge in [-0.3, -0.25) is 14.0 Å². The summed E-state index contributed by atoms with van der Waals surface area (Å²) in [5, 5.41) is 3.31. The molecule has 26 heavy (non-hydrogen) atoms. The van der Waals surface area contributed by atoms with Crippen LogP contribution < -0.4 is 11.2 Å². The van der Waals surface area contributed by atoms with Crippen molar-refractivity contribution < 1.29 is 21.6 Å². The van der Waals surface area contributed by atoms with Gasteiger partial charge in [-0.1, -0.05) is 0 Å². The molecule has 2 rings (SSSR count). The van der Waals surface area contributed by atoms with Crippen LogP contribution in [0.15, 0.2) is 26.9 Å². The van der Waals surface area contributed by atoms with Crippen LogP contribution in [-0.2, 0) is 43.9 Å². The summed E-state index contributed by atoms with van der Waals surface area (Å²) in [6, 6.07) is 0. The van der Waals surface area contributed by atoms with Crippen molar-refractivity contribution in [3.8, 4) is 0 Å². The minimum Gasteiger partial charge on any atom is -0.302 e. The number of sulfonamides is 1. The Bertz CT molecular complexity index is 1060. The molecule has 0 radical (unpaired) electrons. The minimum atomic E-state index is -4.76. The van der Waals surface area contributed by atoms with Gasteiger partial charge in [-0.05, 0) is 0 Å². The number of rotatable bonds is 4. The molecule has 0 amide bonds. The Morgan fingerprint density at radius 2 is 1.73 bits per heavy atom. The molecule has 2 heterocycles. The zero-order chi connectivity index (χ0) is 20.0. The van der Waals surface area contributed by atoms with E-state index in [4.69, 9.17) is 0 Å². The molecule has 0 N–H and O–H groups in total. The van der Waals surface area contributed by atoms with Crippen molar-refractivity contribution in [2.45, 2.75) is 17.6 Å². The quantitative estimate of drug-likeness (QED) is 0.705. The molecule has 0 fully saturated rings. The first kappa shape index (κ1) is 19.9. The van der Waals surface area contributed by atoms with Gasteiger partial charge in [0.15, 0.2) is 10.6 Å². The van der Waals surface area contributed by atoms with Crippen molar-refractivity contribution in [1.29, 1.82) is 0 Å². The summed E-state index contributed by atoms with van der Waals surface area (Å²) >= 11 is 0. The van der Waals surface area contributed by atoms with Gasteiger partial charge in [0.05, 0.1) is 0 Å². The highest BCUT2D eigenvalue weighted by Gasteiger charge is 2.38. The highest BCUT2D eigenvalue weighted by molar-refractivity contribution is 7.89. The lowest BCUT2D eigenvalue weighted by atomic mass is 10.2. The summed E-state index contributed by atoms with van der Waals surface area (Å²) in [4.78, 5) is 23.1. The number of aryl methyl sites for hydroxylation is 2. The summed E-state index contributed by atoms with van der Waals surface area (Å²) < 4.78 is 67.3. The van der Waals surface area contributed by atoms with Gasteiger partial charge in [-0.2, -0.15) is 22.6 Å². The summed E-state index contributed by atoms with van der Waals surface area (Å²) in [5.74, 6) is 0. The third-order valence-electron chi connectivity index (χ3n) is 3.67. The largest absolute Gasteiger partial charge is 0.435 e. The Balaban J connectivity index is 2.50. The van der Waals surface area contributed by atoms with E-state index < -0.39 is 44.6 Å². The monoisotopic (exact) mass is 395 g/mol. The van der Waals surface area contributed by atoms with E-state index in [9.17, 15) is 31.2 Å². The number of halogens is 3. The van der Waals surface area contributed by atoms with Crippen LogP contribution in [0.1, 0.15) is 11.3 Å². The summed E-state index contributed by atoms with van der Waals surface area (Å²) in [6.45, 7) is -0.656. The first-order valence-corrected chi connectivity index (χ1v) is 8.53. The predicted molar refractivity (Wildman–Crippen MR) is 83.8 cm³/mol.